The largest absolute Gasteiger partial charge is 0.491 e. The fraction of sp³-hybridized carbons (Fsp3) is 0.333. The third-order valence-electron chi connectivity index (χ3n) is 0.361. The molecule has 66 valence electrons. The first kappa shape index (κ1) is 13.5. The molecule has 0 aromatic rings. The first-order valence-electron chi connectivity index (χ1n) is 2.30. The van der Waals surface area contributed by atoms with Crippen LogP contribution in [0.5, 0.6) is 0 Å². The highest BCUT2D eigenvalue weighted by atomic mass is 31.2. The summed E-state index contributed by atoms with van der Waals surface area (Å²) in [5, 5.41) is 0. The standard InChI is InChI=1S/C3H7O4P.HO2P/c1-2-3-7-8(4,5)6;1-3-2/h2H,1,3H2,(H2,4,5,6);3H/p+1. The van der Waals surface area contributed by atoms with Gasteiger partial charge in [0.25, 0.3) is 0 Å². The van der Waals surface area contributed by atoms with Crippen molar-refractivity contribution in [3.63, 3.8) is 0 Å². The Kier molecular flexibility index (Phi) is 9.83. The van der Waals surface area contributed by atoms with Gasteiger partial charge in [-0.05, 0) is 4.57 Å². The Labute approximate surface area is 65.0 Å². The summed E-state index contributed by atoms with van der Waals surface area (Å²) in [6.45, 7) is 3.07. The molecule has 0 saturated carbocycles. The van der Waals surface area contributed by atoms with Crippen LogP contribution in [0.4, 0.5) is 0 Å². The predicted octanol–water partition coefficient (Wildman–Crippen LogP) is 0.199. The summed E-state index contributed by atoms with van der Waals surface area (Å²) in [4.78, 5) is 23.0. The minimum absolute atomic E-state index is 0.121. The Bertz CT molecular complexity index is 150. The molecule has 1 unspecified atom stereocenters. The fourth-order valence-electron chi connectivity index (χ4n) is 0.150. The first-order valence-corrected chi connectivity index (χ1v) is 4.68. The zero-order valence-corrected chi connectivity index (χ0v) is 7.40. The third-order valence-corrected chi connectivity index (χ3v) is 0.846. The molecule has 8 heteroatoms. The first-order chi connectivity index (χ1) is 4.97. The maximum atomic E-state index is 9.81. The average Bonchev–Trinajstić information content (AvgIpc) is 1.84. The van der Waals surface area contributed by atoms with Gasteiger partial charge in [-0.3, -0.25) is 4.52 Å². The Morgan fingerprint density at radius 3 is 2.09 bits per heavy atom. The van der Waals surface area contributed by atoms with E-state index in [-0.39, 0.29) is 6.61 Å². The molecule has 3 N–H and O–H groups in total. The number of phosphoric ester groups is 1. The van der Waals surface area contributed by atoms with Gasteiger partial charge in [-0.15, -0.1) is 6.58 Å². The van der Waals surface area contributed by atoms with Crippen LogP contribution in [0, 0.1) is 0 Å². The normalized spacial score (nSPS) is 10.1. The van der Waals surface area contributed by atoms with Gasteiger partial charge >= 0.3 is 16.5 Å². The number of hydrogen-bond donors (Lipinski definition) is 3. The Morgan fingerprint density at radius 2 is 2.00 bits per heavy atom. The lowest BCUT2D eigenvalue weighted by molar-refractivity contribution is 0.216. The summed E-state index contributed by atoms with van der Waals surface area (Å²) >= 11 is 0. The molecule has 0 spiro atoms. The van der Waals surface area contributed by atoms with E-state index in [1.165, 1.54) is 6.08 Å². The monoisotopic (exact) mass is 203 g/mol. The summed E-state index contributed by atoms with van der Waals surface area (Å²) in [6.07, 6.45) is 1.26. The molecule has 0 aliphatic heterocycles. The SMILES string of the molecule is C=CCOP(=O)(O)O.O=[PH+]O. The van der Waals surface area contributed by atoms with Crippen molar-refractivity contribution >= 4 is 16.5 Å². The predicted molar refractivity (Wildman–Crippen MR) is 39.4 cm³/mol. The zero-order chi connectivity index (χ0) is 9.33. The molecule has 0 fully saturated rings. The van der Waals surface area contributed by atoms with Gasteiger partial charge < -0.3 is 9.79 Å². The quantitative estimate of drug-likeness (QED) is 0.447. The van der Waals surface area contributed by atoms with E-state index in [0.29, 0.717) is 0 Å². The lowest BCUT2D eigenvalue weighted by Crippen LogP contribution is -1.86. The van der Waals surface area contributed by atoms with Crippen molar-refractivity contribution in [2.45, 2.75) is 0 Å². The second-order valence-corrected chi connectivity index (χ2v) is 2.59. The molecule has 0 aromatic carbocycles. The maximum absolute atomic E-state index is 9.81. The van der Waals surface area contributed by atoms with Crippen molar-refractivity contribution in [3.8, 4) is 0 Å². The van der Waals surface area contributed by atoms with Crippen molar-refractivity contribution in [2.24, 2.45) is 0 Å². The smallest absolute Gasteiger partial charge is 0.303 e. The van der Waals surface area contributed by atoms with Crippen LogP contribution in [0.25, 0.3) is 0 Å². The van der Waals surface area contributed by atoms with E-state index in [0.717, 1.165) is 0 Å². The summed E-state index contributed by atoms with van der Waals surface area (Å²) in [5.74, 6) is 0. The molecular formula is C3H9O6P2+. The third kappa shape index (κ3) is 25.7. The number of rotatable bonds is 3. The Balaban J connectivity index is 0. The number of phosphoric acid groups is 1. The second-order valence-electron chi connectivity index (χ2n) is 1.17. The summed E-state index contributed by atoms with van der Waals surface area (Å²) < 4.78 is 22.3. The van der Waals surface area contributed by atoms with Crippen molar-refractivity contribution in [3.05, 3.63) is 12.7 Å². The zero-order valence-electron chi connectivity index (χ0n) is 5.51. The highest BCUT2D eigenvalue weighted by Crippen LogP contribution is 2.35. The summed E-state index contributed by atoms with van der Waals surface area (Å²) in [6, 6.07) is 0. The molecule has 0 aromatic heterocycles. The Hall–Kier alpha value is -0.0900. The molecule has 0 aliphatic carbocycles. The minimum Gasteiger partial charge on any atom is -0.303 e. The maximum Gasteiger partial charge on any atom is 0.491 e. The lowest BCUT2D eigenvalue weighted by atomic mass is 10.7. The highest BCUT2D eigenvalue weighted by molar-refractivity contribution is 7.46. The summed E-state index contributed by atoms with van der Waals surface area (Å²) in [5.41, 5.74) is 0. The van der Waals surface area contributed by atoms with Crippen molar-refractivity contribution in [1.29, 1.82) is 0 Å². The van der Waals surface area contributed by atoms with Crippen LogP contribution < -0.4 is 0 Å². The molecule has 0 amide bonds. The van der Waals surface area contributed by atoms with Crippen LogP contribution >= 0.6 is 16.5 Å². The van der Waals surface area contributed by atoms with E-state index in [1.54, 1.807) is 0 Å². The fourth-order valence-corrected chi connectivity index (χ4v) is 0.449. The molecule has 0 rings (SSSR count). The van der Waals surface area contributed by atoms with Crippen LogP contribution in [-0.4, -0.2) is 21.3 Å². The van der Waals surface area contributed by atoms with Gasteiger partial charge in [-0.25, -0.2) is 4.57 Å². The van der Waals surface area contributed by atoms with E-state index in [9.17, 15) is 4.57 Å². The van der Waals surface area contributed by atoms with Crippen LogP contribution in [-0.2, 0) is 13.7 Å². The molecule has 6 nitrogen and oxygen atoms in total. The molecule has 0 radical (unpaired) electrons. The van der Waals surface area contributed by atoms with E-state index < -0.39 is 16.5 Å². The van der Waals surface area contributed by atoms with E-state index >= 15 is 0 Å². The van der Waals surface area contributed by atoms with Crippen molar-refractivity contribution in [1.82, 2.24) is 0 Å². The molecular weight excluding hydrogens is 194 g/mol. The van der Waals surface area contributed by atoms with Crippen LogP contribution in [0.1, 0.15) is 0 Å². The van der Waals surface area contributed by atoms with Crippen molar-refractivity contribution in [2.75, 3.05) is 6.61 Å². The van der Waals surface area contributed by atoms with Gasteiger partial charge in [0.15, 0.2) is 0 Å². The topological polar surface area (TPSA) is 104 Å². The van der Waals surface area contributed by atoms with Crippen LogP contribution in [0.3, 0.4) is 0 Å². The molecule has 0 bridgehead atoms. The van der Waals surface area contributed by atoms with Crippen LogP contribution in [0.2, 0.25) is 0 Å². The second kappa shape index (κ2) is 8.01. The Morgan fingerprint density at radius 1 is 1.64 bits per heavy atom. The summed E-state index contributed by atoms with van der Waals surface area (Å²) in [7, 11) is -5.42. The number of hydrogen-bond acceptors (Lipinski definition) is 3. The molecule has 11 heavy (non-hydrogen) atoms. The van der Waals surface area contributed by atoms with Crippen molar-refractivity contribution < 1.29 is 28.3 Å². The van der Waals surface area contributed by atoms with Gasteiger partial charge in [0, 0.05) is 0 Å². The van der Waals surface area contributed by atoms with Crippen LogP contribution in [0.15, 0.2) is 12.7 Å². The molecule has 1 atom stereocenters. The molecule has 0 saturated heterocycles. The van der Waals surface area contributed by atoms with Gasteiger partial charge in [0.2, 0.25) is 0 Å². The lowest BCUT2D eigenvalue weighted by Gasteiger charge is -1.98. The van der Waals surface area contributed by atoms with Gasteiger partial charge in [-0.1, -0.05) is 6.08 Å². The van der Waals surface area contributed by atoms with Gasteiger partial charge in [0.05, 0.1) is 6.61 Å². The average molecular weight is 203 g/mol. The molecule has 0 aliphatic rings. The highest BCUT2D eigenvalue weighted by Gasteiger charge is 2.10. The van der Waals surface area contributed by atoms with E-state index in [4.69, 9.17) is 19.2 Å². The van der Waals surface area contributed by atoms with Gasteiger partial charge in [0.1, 0.15) is 0 Å². The molecule has 0 heterocycles. The van der Waals surface area contributed by atoms with E-state index in [1.807, 2.05) is 0 Å². The van der Waals surface area contributed by atoms with Gasteiger partial charge in [-0.2, -0.15) is 4.89 Å². The van der Waals surface area contributed by atoms with E-state index in [2.05, 4.69) is 11.1 Å². The minimum atomic E-state index is -4.25.